The molecule has 0 saturated carbocycles. The molecule has 2 aromatic rings. The van der Waals surface area contributed by atoms with Crippen LogP contribution in [0.25, 0.3) is 5.65 Å². The molecule has 3 rings (SSSR count). The summed E-state index contributed by atoms with van der Waals surface area (Å²) in [5, 5.41) is 3.41. The standard InChI is InChI=1S/C18H27N5O.HI/c1-19-18(22(2)10-6-15-7-11-24-12-8-15)20-13-16-14-23-9-4-3-5-17(23)21-16;/h3-5,9,14-15H,6-8,10-13H2,1-2H3,(H,19,20);1H. The highest BCUT2D eigenvalue weighted by Gasteiger charge is 2.15. The van der Waals surface area contributed by atoms with Crippen LogP contribution < -0.4 is 5.32 Å². The number of aromatic nitrogens is 2. The fourth-order valence-corrected chi connectivity index (χ4v) is 3.14. The van der Waals surface area contributed by atoms with Crippen LogP contribution in [0, 0.1) is 5.92 Å². The van der Waals surface area contributed by atoms with E-state index in [0.29, 0.717) is 6.54 Å². The summed E-state index contributed by atoms with van der Waals surface area (Å²) in [5.74, 6) is 1.69. The van der Waals surface area contributed by atoms with Crippen molar-refractivity contribution in [3.05, 3.63) is 36.3 Å². The van der Waals surface area contributed by atoms with Crippen LogP contribution in [-0.4, -0.2) is 54.1 Å². The molecule has 2 aromatic heterocycles. The van der Waals surface area contributed by atoms with Crippen LogP contribution in [0.1, 0.15) is 25.0 Å². The summed E-state index contributed by atoms with van der Waals surface area (Å²) in [7, 11) is 3.93. The van der Waals surface area contributed by atoms with Gasteiger partial charge >= 0.3 is 0 Å². The minimum atomic E-state index is 0. The van der Waals surface area contributed by atoms with Crippen molar-refractivity contribution in [3.63, 3.8) is 0 Å². The van der Waals surface area contributed by atoms with Gasteiger partial charge in [0.25, 0.3) is 0 Å². The number of nitrogens with one attached hydrogen (secondary N) is 1. The van der Waals surface area contributed by atoms with Gasteiger partial charge in [0.1, 0.15) is 5.65 Å². The van der Waals surface area contributed by atoms with Gasteiger partial charge in [-0.1, -0.05) is 6.07 Å². The maximum Gasteiger partial charge on any atom is 0.193 e. The number of nitrogens with zero attached hydrogens (tertiary/aromatic N) is 4. The largest absolute Gasteiger partial charge is 0.381 e. The van der Waals surface area contributed by atoms with Crippen molar-refractivity contribution >= 4 is 35.6 Å². The van der Waals surface area contributed by atoms with Crippen LogP contribution in [0.2, 0.25) is 0 Å². The van der Waals surface area contributed by atoms with Gasteiger partial charge in [0.15, 0.2) is 5.96 Å². The zero-order valence-corrected chi connectivity index (χ0v) is 17.3. The van der Waals surface area contributed by atoms with E-state index < -0.39 is 0 Å². The molecule has 1 fully saturated rings. The Morgan fingerprint density at radius 3 is 2.92 bits per heavy atom. The van der Waals surface area contributed by atoms with Crippen LogP contribution in [0.15, 0.2) is 35.6 Å². The summed E-state index contributed by atoms with van der Waals surface area (Å²) < 4.78 is 7.47. The minimum absolute atomic E-state index is 0. The zero-order chi connectivity index (χ0) is 16.8. The Kier molecular flexibility index (Phi) is 7.95. The molecule has 0 spiro atoms. The molecule has 0 radical (unpaired) electrons. The van der Waals surface area contributed by atoms with Gasteiger partial charge in [-0.05, 0) is 37.3 Å². The molecule has 0 aromatic carbocycles. The quantitative estimate of drug-likeness (QED) is 0.426. The topological polar surface area (TPSA) is 54.2 Å². The number of hydrogen-bond acceptors (Lipinski definition) is 3. The lowest BCUT2D eigenvalue weighted by atomic mass is 9.96. The minimum Gasteiger partial charge on any atom is -0.381 e. The molecule has 1 aliphatic heterocycles. The van der Waals surface area contributed by atoms with E-state index in [4.69, 9.17) is 4.74 Å². The third kappa shape index (κ3) is 5.57. The van der Waals surface area contributed by atoms with E-state index in [-0.39, 0.29) is 24.0 Å². The first-order valence-electron chi connectivity index (χ1n) is 8.68. The maximum absolute atomic E-state index is 5.43. The Morgan fingerprint density at radius 1 is 1.40 bits per heavy atom. The first-order valence-corrected chi connectivity index (χ1v) is 8.68. The van der Waals surface area contributed by atoms with Crippen LogP contribution in [0.3, 0.4) is 0 Å². The van der Waals surface area contributed by atoms with Gasteiger partial charge < -0.3 is 19.4 Å². The third-order valence-electron chi connectivity index (χ3n) is 4.63. The molecule has 138 valence electrons. The lowest BCUT2D eigenvalue weighted by molar-refractivity contribution is 0.0625. The fourth-order valence-electron chi connectivity index (χ4n) is 3.14. The van der Waals surface area contributed by atoms with Gasteiger partial charge in [-0.15, -0.1) is 24.0 Å². The second-order valence-corrected chi connectivity index (χ2v) is 6.37. The van der Waals surface area contributed by atoms with Crippen molar-refractivity contribution in [1.82, 2.24) is 19.6 Å². The predicted molar refractivity (Wildman–Crippen MR) is 112 cm³/mol. The molecule has 0 aliphatic carbocycles. The van der Waals surface area contributed by atoms with Crippen LogP contribution in [0.4, 0.5) is 0 Å². The van der Waals surface area contributed by atoms with E-state index in [1.54, 1.807) is 0 Å². The van der Waals surface area contributed by atoms with Crippen molar-refractivity contribution in [2.24, 2.45) is 10.9 Å². The van der Waals surface area contributed by atoms with E-state index in [9.17, 15) is 0 Å². The molecule has 0 unspecified atom stereocenters. The number of guanidine groups is 1. The summed E-state index contributed by atoms with van der Waals surface area (Å²) in [6.07, 6.45) is 7.62. The van der Waals surface area contributed by atoms with Gasteiger partial charge in [-0.25, -0.2) is 4.98 Å². The average Bonchev–Trinajstić information content (AvgIpc) is 3.04. The van der Waals surface area contributed by atoms with Gasteiger partial charge in [0.2, 0.25) is 0 Å². The SMILES string of the molecule is CN=C(NCc1cn2ccccc2n1)N(C)CCC1CCOCC1.I. The van der Waals surface area contributed by atoms with Crippen LogP contribution in [-0.2, 0) is 11.3 Å². The predicted octanol–water partition coefficient (Wildman–Crippen LogP) is 2.78. The lowest BCUT2D eigenvalue weighted by Crippen LogP contribution is -2.39. The average molecular weight is 457 g/mol. The number of fused-ring (bicyclic) bond motifs is 1. The van der Waals surface area contributed by atoms with Crippen molar-refractivity contribution in [3.8, 4) is 0 Å². The number of ether oxygens (including phenoxy) is 1. The second kappa shape index (κ2) is 9.96. The summed E-state index contributed by atoms with van der Waals surface area (Å²) in [6, 6.07) is 6.02. The number of hydrogen-bond donors (Lipinski definition) is 1. The molecule has 1 saturated heterocycles. The molecule has 3 heterocycles. The maximum atomic E-state index is 5.43. The Bertz CT molecular complexity index is 648. The fraction of sp³-hybridized carbons (Fsp3) is 0.556. The third-order valence-corrected chi connectivity index (χ3v) is 4.63. The van der Waals surface area contributed by atoms with Crippen LogP contribution in [0.5, 0.6) is 0 Å². The molecule has 1 N–H and O–H groups in total. The molecular weight excluding hydrogens is 429 g/mol. The van der Waals surface area contributed by atoms with Gasteiger partial charge in [0, 0.05) is 46.2 Å². The van der Waals surface area contributed by atoms with E-state index >= 15 is 0 Å². The van der Waals surface area contributed by atoms with Crippen molar-refractivity contribution < 1.29 is 4.74 Å². The normalized spacial score (nSPS) is 15.8. The van der Waals surface area contributed by atoms with Gasteiger partial charge in [0.05, 0.1) is 12.2 Å². The summed E-state index contributed by atoms with van der Waals surface area (Å²) in [5.41, 5.74) is 1.98. The number of aliphatic imine (C=N–C) groups is 1. The van der Waals surface area contributed by atoms with Crippen molar-refractivity contribution in [1.29, 1.82) is 0 Å². The summed E-state index contributed by atoms with van der Waals surface area (Å²) in [6.45, 7) is 3.51. The molecule has 7 heteroatoms. The van der Waals surface area contributed by atoms with Crippen molar-refractivity contribution in [2.75, 3.05) is 33.9 Å². The molecule has 0 bridgehead atoms. The highest BCUT2D eigenvalue weighted by atomic mass is 127. The molecule has 0 amide bonds. The lowest BCUT2D eigenvalue weighted by Gasteiger charge is -2.26. The van der Waals surface area contributed by atoms with E-state index in [2.05, 4.69) is 33.4 Å². The number of imidazole rings is 1. The van der Waals surface area contributed by atoms with Gasteiger partial charge in [-0.2, -0.15) is 0 Å². The summed E-state index contributed by atoms with van der Waals surface area (Å²) >= 11 is 0. The molecule has 0 atom stereocenters. The Hall–Kier alpha value is -1.35. The highest BCUT2D eigenvalue weighted by molar-refractivity contribution is 14.0. The zero-order valence-electron chi connectivity index (χ0n) is 15.0. The smallest absolute Gasteiger partial charge is 0.193 e. The van der Waals surface area contributed by atoms with E-state index in [1.807, 2.05) is 35.8 Å². The van der Waals surface area contributed by atoms with Gasteiger partial charge in [-0.3, -0.25) is 4.99 Å². The van der Waals surface area contributed by atoms with E-state index in [1.165, 1.54) is 19.3 Å². The Morgan fingerprint density at radius 2 is 2.20 bits per heavy atom. The number of pyridine rings is 1. The van der Waals surface area contributed by atoms with Crippen LogP contribution >= 0.6 is 24.0 Å². The monoisotopic (exact) mass is 457 g/mol. The number of rotatable bonds is 5. The Labute approximate surface area is 166 Å². The van der Waals surface area contributed by atoms with Crippen molar-refractivity contribution in [2.45, 2.75) is 25.8 Å². The summed E-state index contributed by atoms with van der Waals surface area (Å²) in [4.78, 5) is 11.2. The van der Waals surface area contributed by atoms with E-state index in [0.717, 1.165) is 43.0 Å². The highest BCUT2D eigenvalue weighted by Crippen LogP contribution is 2.18. The Balaban J connectivity index is 0.00000225. The molecule has 25 heavy (non-hydrogen) atoms. The molecule has 6 nitrogen and oxygen atoms in total. The second-order valence-electron chi connectivity index (χ2n) is 6.37. The first-order chi connectivity index (χ1) is 11.8. The first kappa shape index (κ1) is 20.0. The molecule has 1 aliphatic rings. The number of halogens is 1. The molecular formula is C18H28IN5O.